The predicted octanol–water partition coefficient (Wildman–Crippen LogP) is 4.91. The molecule has 0 saturated heterocycles. The Morgan fingerprint density at radius 2 is 1.78 bits per heavy atom. The molecule has 3 rings (SSSR count). The van der Waals surface area contributed by atoms with Crippen LogP contribution in [0.5, 0.6) is 5.75 Å². The molecule has 6 nitrogen and oxygen atoms in total. The van der Waals surface area contributed by atoms with E-state index >= 15 is 0 Å². The molecule has 0 aliphatic heterocycles. The van der Waals surface area contributed by atoms with Crippen molar-refractivity contribution in [2.75, 3.05) is 12.4 Å². The van der Waals surface area contributed by atoms with E-state index in [4.69, 9.17) is 4.74 Å². The van der Waals surface area contributed by atoms with E-state index in [1.807, 2.05) is 49.4 Å². The summed E-state index contributed by atoms with van der Waals surface area (Å²) in [6.45, 7) is 2.38. The minimum absolute atomic E-state index is 0.0753. The van der Waals surface area contributed by atoms with Crippen molar-refractivity contribution in [2.45, 2.75) is 13.5 Å². The molecule has 6 heteroatoms. The Hall–Kier alpha value is -4.37. The molecule has 0 spiro atoms. The molecule has 0 fully saturated rings. The molecule has 32 heavy (non-hydrogen) atoms. The van der Waals surface area contributed by atoms with Gasteiger partial charge in [0.15, 0.2) is 0 Å². The van der Waals surface area contributed by atoms with E-state index in [0.717, 1.165) is 11.1 Å². The largest absolute Gasteiger partial charge is 0.488 e. The van der Waals surface area contributed by atoms with Crippen LogP contribution in [0.15, 0.2) is 78.4 Å². The van der Waals surface area contributed by atoms with E-state index in [1.54, 1.807) is 24.3 Å². The maximum absolute atomic E-state index is 12.6. The average Bonchev–Trinajstić information content (AvgIpc) is 2.81. The number of benzene rings is 3. The molecular formula is C26H22N2O4. The monoisotopic (exact) mass is 426 g/mol. The number of anilines is 1. The number of nitriles is 1. The molecular weight excluding hydrogens is 404 g/mol. The van der Waals surface area contributed by atoms with E-state index in [2.05, 4.69) is 10.1 Å². The SMILES string of the molecule is COC(=O)c1ccc(NC(=O)/C(C#N)=C/c2ccccc2OCc2cccc(C)c2)cc1. The zero-order chi connectivity index (χ0) is 22.9. The molecule has 1 amide bonds. The van der Waals surface area contributed by atoms with E-state index in [0.29, 0.717) is 29.2 Å². The summed E-state index contributed by atoms with van der Waals surface area (Å²) in [5, 5.41) is 12.2. The van der Waals surface area contributed by atoms with Crippen molar-refractivity contribution in [1.29, 1.82) is 5.26 Å². The molecule has 0 aromatic heterocycles. The van der Waals surface area contributed by atoms with Crippen LogP contribution in [0.2, 0.25) is 0 Å². The molecule has 3 aromatic carbocycles. The summed E-state index contributed by atoms with van der Waals surface area (Å²) >= 11 is 0. The molecule has 0 unspecified atom stereocenters. The highest BCUT2D eigenvalue weighted by Gasteiger charge is 2.12. The minimum Gasteiger partial charge on any atom is -0.488 e. The van der Waals surface area contributed by atoms with Crippen molar-refractivity contribution < 1.29 is 19.1 Å². The summed E-state index contributed by atoms with van der Waals surface area (Å²) < 4.78 is 10.6. The van der Waals surface area contributed by atoms with Crippen molar-refractivity contribution in [1.82, 2.24) is 0 Å². The summed E-state index contributed by atoms with van der Waals surface area (Å²) in [7, 11) is 1.30. The van der Waals surface area contributed by atoms with E-state index in [9.17, 15) is 14.9 Å². The van der Waals surface area contributed by atoms with Crippen LogP contribution in [0.25, 0.3) is 6.08 Å². The maximum Gasteiger partial charge on any atom is 0.337 e. The highest BCUT2D eigenvalue weighted by atomic mass is 16.5. The van der Waals surface area contributed by atoms with Gasteiger partial charge in [-0.05, 0) is 48.9 Å². The standard InChI is InChI=1S/C26H22N2O4/c1-18-6-5-7-19(14-18)17-32-24-9-4-3-8-21(24)15-22(16-27)25(29)28-23-12-10-20(11-13-23)26(30)31-2/h3-15H,17H2,1-2H3,(H,28,29)/b22-15+. The maximum atomic E-state index is 12.6. The fourth-order valence-corrected chi connectivity index (χ4v) is 3.00. The topological polar surface area (TPSA) is 88.4 Å². The molecule has 0 atom stereocenters. The number of carbonyl (C=O) groups excluding carboxylic acids is 2. The lowest BCUT2D eigenvalue weighted by molar-refractivity contribution is -0.112. The predicted molar refractivity (Wildman–Crippen MR) is 122 cm³/mol. The second-order valence-electron chi connectivity index (χ2n) is 7.01. The van der Waals surface area contributed by atoms with Crippen molar-refractivity contribution in [2.24, 2.45) is 0 Å². The van der Waals surface area contributed by atoms with Gasteiger partial charge in [0.1, 0.15) is 24.0 Å². The van der Waals surface area contributed by atoms with Crippen LogP contribution in [-0.4, -0.2) is 19.0 Å². The van der Waals surface area contributed by atoms with Crippen molar-refractivity contribution >= 4 is 23.6 Å². The number of esters is 1. The van der Waals surface area contributed by atoms with Crippen LogP contribution in [0, 0.1) is 18.3 Å². The Morgan fingerprint density at radius 3 is 2.47 bits per heavy atom. The van der Waals surface area contributed by atoms with Gasteiger partial charge in [-0.15, -0.1) is 0 Å². The van der Waals surface area contributed by atoms with Gasteiger partial charge in [0.25, 0.3) is 5.91 Å². The number of hydrogen-bond donors (Lipinski definition) is 1. The van der Waals surface area contributed by atoms with Gasteiger partial charge in [-0.2, -0.15) is 5.26 Å². The van der Waals surface area contributed by atoms with Crippen LogP contribution < -0.4 is 10.1 Å². The number of nitrogens with zero attached hydrogens (tertiary/aromatic N) is 1. The van der Waals surface area contributed by atoms with Crippen molar-refractivity contribution in [3.05, 3.63) is 101 Å². The van der Waals surface area contributed by atoms with Crippen LogP contribution >= 0.6 is 0 Å². The van der Waals surface area contributed by atoms with E-state index in [-0.39, 0.29) is 5.57 Å². The Bertz CT molecular complexity index is 1190. The van der Waals surface area contributed by atoms with Gasteiger partial charge >= 0.3 is 5.97 Å². The zero-order valence-electron chi connectivity index (χ0n) is 17.8. The lowest BCUT2D eigenvalue weighted by Gasteiger charge is -2.10. The van der Waals surface area contributed by atoms with Gasteiger partial charge < -0.3 is 14.8 Å². The van der Waals surface area contributed by atoms with E-state index in [1.165, 1.54) is 25.3 Å². The number of aryl methyl sites for hydroxylation is 1. The van der Waals surface area contributed by atoms with Gasteiger partial charge in [-0.25, -0.2) is 4.79 Å². The van der Waals surface area contributed by atoms with E-state index < -0.39 is 11.9 Å². The van der Waals surface area contributed by atoms with Crippen molar-refractivity contribution in [3.8, 4) is 11.8 Å². The lowest BCUT2D eigenvalue weighted by atomic mass is 10.1. The Morgan fingerprint density at radius 1 is 1.03 bits per heavy atom. The van der Waals surface area contributed by atoms with Gasteiger partial charge in [0.05, 0.1) is 12.7 Å². The zero-order valence-corrected chi connectivity index (χ0v) is 17.8. The van der Waals surface area contributed by atoms with Gasteiger partial charge in [0, 0.05) is 11.3 Å². The second kappa shape index (κ2) is 10.6. The van der Waals surface area contributed by atoms with Crippen LogP contribution in [0.4, 0.5) is 5.69 Å². The summed E-state index contributed by atoms with van der Waals surface area (Å²) in [6.07, 6.45) is 1.49. The van der Waals surface area contributed by atoms with Crippen LogP contribution in [-0.2, 0) is 16.1 Å². The molecule has 160 valence electrons. The first-order valence-corrected chi connectivity index (χ1v) is 9.89. The normalized spacial score (nSPS) is 10.7. The lowest BCUT2D eigenvalue weighted by Crippen LogP contribution is -2.13. The number of ether oxygens (including phenoxy) is 2. The highest BCUT2D eigenvalue weighted by Crippen LogP contribution is 2.23. The molecule has 0 radical (unpaired) electrons. The second-order valence-corrected chi connectivity index (χ2v) is 7.01. The number of carbonyl (C=O) groups is 2. The molecule has 0 bridgehead atoms. The van der Waals surface area contributed by atoms with Crippen LogP contribution in [0.1, 0.15) is 27.0 Å². The summed E-state index contributed by atoms with van der Waals surface area (Å²) in [4.78, 5) is 24.1. The molecule has 0 aliphatic carbocycles. The van der Waals surface area contributed by atoms with Crippen LogP contribution in [0.3, 0.4) is 0 Å². The molecule has 0 saturated carbocycles. The summed E-state index contributed by atoms with van der Waals surface area (Å²) in [6, 6.07) is 23.4. The first-order chi connectivity index (χ1) is 15.5. The molecule has 0 heterocycles. The Labute approximate surface area is 186 Å². The number of amides is 1. The Kier molecular flexibility index (Phi) is 7.39. The third-order valence-electron chi connectivity index (χ3n) is 4.62. The minimum atomic E-state index is -0.563. The summed E-state index contributed by atoms with van der Waals surface area (Å²) in [5.41, 5.74) is 3.52. The molecule has 1 N–H and O–H groups in total. The smallest absolute Gasteiger partial charge is 0.337 e. The number of rotatable bonds is 7. The van der Waals surface area contributed by atoms with Gasteiger partial charge in [-0.3, -0.25) is 4.79 Å². The number of methoxy groups -OCH3 is 1. The first kappa shape index (κ1) is 22.3. The third-order valence-corrected chi connectivity index (χ3v) is 4.62. The quantitative estimate of drug-likeness (QED) is 0.330. The molecule has 0 aliphatic rings. The van der Waals surface area contributed by atoms with Gasteiger partial charge in [0.2, 0.25) is 0 Å². The van der Waals surface area contributed by atoms with Gasteiger partial charge in [-0.1, -0.05) is 48.0 Å². The number of para-hydroxylation sites is 1. The fraction of sp³-hybridized carbons (Fsp3) is 0.115. The fourth-order valence-electron chi connectivity index (χ4n) is 3.00. The molecule has 3 aromatic rings. The number of hydrogen-bond acceptors (Lipinski definition) is 5. The number of nitrogens with one attached hydrogen (secondary N) is 1. The third kappa shape index (κ3) is 5.83. The summed E-state index contributed by atoms with van der Waals surface area (Å²) in [5.74, 6) is -0.466. The Balaban J connectivity index is 1.75. The average molecular weight is 426 g/mol. The van der Waals surface area contributed by atoms with Crippen molar-refractivity contribution in [3.63, 3.8) is 0 Å². The highest BCUT2D eigenvalue weighted by molar-refractivity contribution is 6.10. The first-order valence-electron chi connectivity index (χ1n) is 9.89.